The van der Waals surface area contributed by atoms with Crippen LogP contribution in [0.4, 0.5) is 0 Å². The lowest BCUT2D eigenvalue weighted by Gasteiger charge is -2.37. The second-order valence-corrected chi connectivity index (χ2v) is 8.88. The minimum absolute atomic E-state index is 0.0864. The normalized spacial score (nSPS) is 22.5. The van der Waals surface area contributed by atoms with Crippen LogP contribution in [0.3, 0.4) is 0 Å². The average Bonchev–Trinajstić information content (AvgIpc) is 3.28. The maximum Gasteiger partial charge on any atom is 0.254 e. The predicted molar refractivity (Wildman–Crippen MR) is 111 cm³/mol. The minimum Gasteiger partial charge on any atom is -0.338 e. The molecule has 0 bridgehead atoms. The lowest BCUT2D eigenvalue weighted by molar-refractivity contribution is -0.130. The Morgan fingerprint density at radius 2 is 1.75 bits per heavy atom. The minimum atomic E-state index is 0.0864. The Hall–Kier alpha value is -2.21. The first-order valence-electron chi connectivity index (χ1n) is 10.2. The van der Waals surface area contributed by atoms with E-state index in [9.17, 15) is 9.59 Å². The highest BCUT2D eigenvalue weighted by Crippen LogP contribution is 2.31. The number of carbonyl (C=O) groups is 2. The standard InChI is InChI=1S/C22H27N3O2S/c1-15-23-19(14-28-15)17-7-9-18(10-8-17)22(27)25-12-5-3-4-6-20-21(25)11-13-24(20)16(2)26/h7-10,14,20-21H,3-6,11-13H2,1-2H3/t20-,21+/m1/s1. The number of nitrogens with zero attached hydrogens (tertiary/aromatic N) is 3. The SMILES string of the molecule is CC(=O)N1CC[C@H]2[C@H]1CCCCCN2C(=O)c1ccc(-c2csc(C)n2)cc1. The van der Waals surface area contributed by atoms with Crippen molar-refractivity contribution in [3.05, 3.63) is 40.2 Å². The van der Waals surface area contributed by atoms with Crippen LogP contribution in [0.15, 0.2) is 29.6 Å². The molecule has 2 aliphatic heterocycles. The van der Waals surface area contributed by atoms with Gasteiger partial charge in [-0.2, -0.15) is 0 Å². The zero-order valence-electron chi connectivity index (χ0n) is 16.6. The number of benzene rings is 1. The molecule has 5 nitrogen and oxygen atoms in total. The average molecular weight is 398 g/mol. The molecular formula is C22H27N3O2S. The molecule has 0 saturated carbocycles. The molecule has 1 aromatic heterocycles. The first-order chi connectivity index (χ1) is 13.5. The van der Waals surface area contributed by atoms with Crippen LogP contribution in [0.5, 0.6) is 0 Å². The number of fused-ring (bicyclic) bond motifs is 1. The van der Waals surface area contributed by atoms with Crippen LogP contribution in [-0.4, -0.2) is 51.8 Å². The Morgan fingerprint density at radius 3 is 2.43 bits per heavy atom. The summed E-state index contributed by atoms with van der Waals surface area (Å²) < 4.78 is 0. The molecule has 6 heteroatoms. The van der Waals surface area contributed by atoms with Crippen LogP contribution >= 0.6 is 11.3 Å². The van der Waals surface area contributed by atoms with E-state index in [0.29, 0.717) is 0 Å². The van der Waals surface area contributed by atoms with Gasteiger partial charge in [0.25, 0.3) is 5.91 Å². The molecule has 0 N–H and O–H groups in total. The number of rotatable bonds is 2. The van der Waals surface area contributed by atoms with E-state index in [0.717, 1.165) is 67.0 Å². The fraction of sp³-hybridized carbons (Fsp3) is 0.500. The Morgan fingerprint density at radius 1 is 1.00 bits per heavy atom. The summed E-state index contributed by atoms with van der Waals surface area (Å²) in [7, 11) is 0. The maximum absolute atomic E-state index is 13.3. The molecule has 2 amide bonds. The third kappa shape index (κ3) is 3.70. The molecule has 2 fully saturated rings. The summed E-state index contributed by atoms with van der Waals surface area (Å²) in [6, 6.07) is 8.10. The van der Waals surface area contributed by atoms with Crippen LogP contribution in [0.2, 0.25) is 0 Å². The van der Waals surface area contributed by atoms with E-state index in [4.69, 9.17) is 0 Å². The van der Waals surface area contributed by atoms with Crippen molar-refractivity contribution in [3.8, 4) is 11.3 Å². The van der Waals surface area contributed by atoms with E-state index < -0.39 is 0 Å². The zero-order chi connectivity index (χ0) is 19.7. The number of carbonyl (C=O) groups excluding carboxylic acids is 2. The summed E-state index contributed by atoms with van der Waals surface area (Å²) >= 11 is 1.63. The summed E-state index contributed by atoms with van der Waals surface area (Å²) in [5, 5.41) is 3.09. The van der Waals surface area contributed by atoms with E-state index in [-0.39, 0.29) is 23.9 Å². The van der Waals surface area contributed by atoms with Crippen LogP contribution in [-0.2, 0) is 4.79 Å². The molecule has 3 heterocycles. The molecule has 28 heavy (non-hydrogen) atoms. The second-order valence-electron chi connectivity index (χ2n) is 7.81. The highest BCUT2D eigenvalue weighted by Gasteiger charge is 2.41. The molecule has 148 valence electrons. The van der Waals surface area contributed by atoms with E-state index >= 15 is 0 Å². The van der Waals surface area contributed by atoms with Gasteiger partial charge in [-0.3, -0.25) is 9.59 Å². The first kappa shape index (κ1) is 19.1. The number of amides is 2. The zero-order valence-corrected chi connectivity index (χ0v) is 17.4. The van der Waals surface area contributed by atoms with E-state index in [1.54, 1.807) is 18.3 Å². The summed E-state index contributed by atoms with van der Waals surface area (Å²) in [6.07, 6.45) is 5.16. The monoisotopic (exact) mass is 397 g/mol. The van der Waals surface area contributed by atoms with Crippen molar-refractivity contribution in [1.82, 2.24) is 14.8 Å². The number of likely N-dealkylation sites (tertiary alicyclic amines) is 2. The smallest absolute Gasteiger partial charge is 0.254 e. The van der Waals surface area contributed by atoms with Gasteiger partial charge in [-0.25, -0.2) is 4.98 Å². The van der Waals surface area contributed by atoms with Crippen LogP contribution in [0.1, 0.15) is 54.4 Å². The van der Waals surface area contributed by atoms with Crippen molar-refractivity contribution < 1.29 is 9.59 Å². The Balaban J connectivity index is 1.56. The van der Waals surface area contributed by atoms with Crippen molar-refractivity contribution in [2.45, 2.75) is 58.0 Å². The van der Waals surface area contributed by atoms with Crippen LogP contribution in [0, 0.1) is 6.92 Å². The van der Waals surface area contributed by atoms with Crippen molar-refractivity contribution in [2.24, 2.45) is 0 Å². The Bertz CT molecular complexity index is 861. The van der Waals surface area contributed by atoms with Crippen molar-refractivity contribution >= 4 is 23.2 Å². The van der Waals surface area contributed by atoms with Gasteiger partial charge < -0.3 is 9.80 Å². The molecule has 2 aliphatic rings. The van der Waals surface area contributed by atoms with Gasteiger partial charge in [0.05, 0.1) is 22.8 Å². The van der Waals surface area contributed by atoms with Crippen molar-refractivity contribution in [3.63, 3.8) is 0 Å². The predicted octanol–water partition coefficient (Wildman–Crippen LogP) is 4.12. The molecule has 4 rings (SSSR count). The number of thiazole rings is 1. The number of aryl methyl sites for hydroxylation is 1. The van der Waals surface area contributed by atoms with Gasteiger partial charge in [0.15, 0.2) is 0 Å². The third-order valence-electron chi connectivity index (χ3n) is 6.02. The van der Waals surface area contributed by atoms with E-state index in [1.807, 2.05) is 46.4 Å². The van der Waals surface area contributed by atoms with Gasteiger partial charge >= 0.3 is 0 Å². The first-order valence-corrected chi connectivity index (χ1v) is 11.0. The highest BCUT2D eigenvalue weighted by atomic mass is 32.1. The van der Waals surface area contributed by atoms with Gasteiger partial charge in [-0.15, -0.1) is 11.3 Å². The number of hydrogen-bond donors (Lipinski definition) is 0. The van der Waals surface area contributed by atoms with Gasteiger partial charge in [0.1, 0.15) is 0 Å². The topological polar surface area (TPSA) is 53.5 Å². The van der Waals surface area contributed by atoms with Crippen molar-refractivity contribution in [1.29, 1.82) is 0 Å². The summed E-state index contributed by atoms with van der Waals surface area (Å²) in [5.74, 6) is 0.215. The summed E-state index contributed by atoms with van der Waals surface area (Å²) in [6.45, 7) is 5.18. The maximum atomic E-state index is 13.3. The fourth-order valence-corrected chi connectivity index (χ4v) is 5.24. The van der Waals surface area contributed by atoms with Crippen molar-refractivity contribution in [2.75, 3.05) is 13.1 Å². The largest absolute Gasteiger partial charge is 0.338 e. The molecule has 0 unspecified atom stereocenters. The lowest BCUT2D eigenvalue weighted by Crippen LogP contribution is -2.50. The second kappa shape index (κ2) is 8.03. The van der Waals surface area contributed by atoms with Gasteiger partial charge in [-0.05, 0) is 38.3 Å². The fourth-order valence-electron chi connectivity index (χ4n) is 4.62. The van der Waals surface area contributed by atoms with Crippen LogP contribution in [0.25, 0.3) is 11.3 Å². The number of aromatic nitrogens is 1. The van der Waals surface area contributed by atoms with Gasteiger partial charge in [0, 0.05) is 36.5 Å². The lowest BCUT2D eigenvalue weighted by atomic mass is 9.96. The summed E-state index contributed by atoms with van der Waals surface area (Å²) in [5.41, 5.74) is 2.71. The highest BCUT2D eigenvalue weighted by molar-refractivity contribution is 7.09. The third-order valence-corrected chi connectivity index (χ3v) is 6.79. The van der Waals surface area contributed by atoms with Gasteiger partial charge in [0.2, 0.25) is 5.91 Å². The Labute approximate surface area is 170 Å². The van der Waals surface area contributed by atoms with E-state index in [1.165, 1.54) is 0 Å². The van der Waals surface area contributed by atoms with Crippen LogP contribution < -0.4 is 0 Å². The molecule has 0 radical (unpaired) electrons. The summed E-state index contributed by atoms with van der Waals surface area (Å²) in [4.78, 5) is 33.9. The molecule has 1 aromatic carbocycles. The molecule has 0 spiro atoms. The number of hydrogen-bond acceptors (Lipinski definition) is 4. The molecule has 2 atom stereocenters. The molecule has 2 aromatic rings. The van der Waals surface area contributed by atoms with E-state index in [2.05, 4.69) is 4.98 Å². The van der Waals surface area contributed by atoms with Gasteiger partial charge in [-0.1, -0.05) is 25.0 Å². The Kier molecular flexibility index (Phi) is 5.49. The molecular weight excluding hydrogens is 370 g/mol. The quantitative estimate of drug-likeness (QED) is 0.766. The molecule has 0 aliphatic carbocycles. The molecule has 2 saturated heterocycles.